The Morgan fingerprint density at radius 1 is 0.831 bits per heavy atom. The van der Waals surface area contributed by atoms with Crippen LogP contribution in [0.15, 0.2) is 36.5 Å². The van der Waals surface area contributed by atoms with E-state index in [1.54, 1.807) is 30.5 Å². The van der Waals surface area contributed by atoms with E-state index >= 15 is 4.39 Å². The quantitative estimate of drug-likeness (QED) is 0.0167. The Morgan fingerprint density at radius 2 is 1.45 bits per heavy atom. The Labute approximate surface area is 454 Å². The number of halogens is 2. The van der Waals surface area contributed by atoms with Crippen LogP contribution in [-0.2, 0) is 23.8 Å². The smallest absolute Gasteiger partial charge is 0.462 e. The Hall–Kier alpha value is -5.66. The van der Waals surface area contributed by atoms with Gasteiger partial charge in [-0.05, 0) is 68.7 Å². The van der Waals surface area contributed by atoms with Crippen LogP contribution in [0, 0.1) is 18.2 Å². The average molecular weight is 1070 g/mol. The fourth-order valence-corrected chi connectivity index (χ4v) is 11.9. The predicted octanol–water partition coefficient (Wildman–Crippen LogP) is 12.7. The number of piperazine rings is 1. The molecule has 4 atom stereocenters. The van der Waals surface area contributed by atoms with Gasteiger partial charge in [-0.3, -0.25) is 19.5 Å². The third kappa shape index (κ3) is 15.8. The van der Waals surface area contributed by atoms with Crippen molar-refractivity contribution in [3.05, 3.63) is 47.9 Å². The molecule has 2 unspecified atom stereocenters. The van der Waals surface area contributed by atoms with Gasteiger partial charge in [0, 0.05) is 73.7 Å². The second-order valence-corrected chi connectivity index (χ2v) is 22.1. The Kier molecular flexibility index (Phi) is 21.5. The summed E-state index contributed by atoms with van der Waals surface area (Å²) in [5, 5.41) is 5.07. The number of anilines is 1. The summed E-state index contributed by atoms with van der Waals surface area (Å²) in [5.74, 6) is 1.56. The molecule has 418 valence electrons. The van der Waals surface area contributed by atoms with Crippen molar-refractivity contribution in [3.63, 3.8) is 0 Å². The minimum absolute atomic E-state index is 0.00938. The molecule has 1 N–H and O–H groups in total. The van der Waals surface area contributed by atoms with E-state index in [1.807, 2.05) is 0 Å². The van der Waals surface area contributed by atoms with Crippen LogP contribution >= 0.6 is 0 Å². The van der Waals surface area contributed by atoms with Crippen LogP contribution in [0.2, 0.25) is 0 Å². The molecule has 2 aromatic heterocycles. The molecular formula is C61H82F2N6O8. The molecular weight excluding hydrogens is 983 g/mol. The highest BCUT2D eigenvalue weighted by Crippen LogP contribution is 2.42. The zero-order valence-electron chi connectivity index (χ0n) is 45.7. The van der Waals surface area contributed by atoms with Gasteiger partial charge in [-0.15, -0.1) is 6.42 Å². The van der Waals surface area contributed by atoms with Crippen molar-refractivity contribution < 1.29 is 46.8 Å². The first kappa shape index (κ1) is 57.5. The molecule has 8 rings (SSSR count). The number of hydrogen-bond acceptors (Lipinski definition) is 14. The molecule has 0 aliphatic carbocycles. The van der Waals surface area contributed by atoms with Gasteiger partial charge in [0.2, 0.25) is 0 Å². The van der Waals surface area contributed by atoms with E-state index in [9.17, 15) is 18.8 Å². The molecule has 4 aliphatic heterocycles. The predicted molar refractivity (Wildman–Crippen MR) is 295 cm³/mol. The van der Waals surface area contributed by atoms with Gasteiger partial charge in [0.25, 0.3) is 0 Å². The van der Waals surface area contributed by atoms with Gasteiger partial charge in [0.1, 0.15) is 48.8 Å². The van der Waals surface area contributed by atoms with Crippen LogP contribution in [0.3, 0.4) is 0 Å². The number of aromatic nitrogens is 3. The summed E-state index contributed by atoms with van der Waals surface area (Å²) in [7, 11) is 0. The Bertz CT molecular complexity index is 2600. The summed E-state index contributed by atoms with van der Waals surface area (Å²) in [6.07, 6.45) is 28.7. The summed E-state index contributed by atoms with van der Waals surface area (Å²) in [6, 6.07) is 8.80. The number of alkyl halides is 1. The van der Waals surface area contributed by atoms with Crippen LogP contribution in [0.25, 0.3) is 32.9 Å². The number of hydrogen-bond donors (Lipinski definition) is 1. The number of esters is 2. The third-order valence-electron chi connectivity index (χ3n) is 16.0. The molecule has 4 fully saturated rings. The van der Waals surface area contributed by atoms with Crippen LogP contribution in [0.4, 0.5) is 19.4 Å². The fraction of sp³-hybridized carbons (Fsp3) is 0.639. The van der Waals surface area contributed by atoms with Gasteiger partial charge in [0.15, 0.2) is 11.9 Å². The first-order valence-electron chi connectivity index (χ1n) is 29.2. The maximum atomic E-state index is 17.7. The van der Waals surface area contributed by atoms with Crippen molar-refractivity contribution in [1.82, 2.24) is 25.2 Å². The number of benzene rings is 2. The Balaban J connectivity index is 0.994. The zero-order valence-corrected chi connectivity index (χ0v) is 45.7. The fourth-order valence-electron chi connectivity index (χ4n) is 11.9. The highest BCUT2D eigenvalue weighted by molar-refractivity contribution is 6.03. The van der Waals surface area contributed by atoms with Crippen molar-refractivity contribution >= 4 is 45.6 Å². The standard InChI is InChI=1S/C61H82F2N6O8/c1-4-7-9-11-13-15-17-19-21-27-52(70)73-40-49(41-74-53(71)28-22-20-18-16-14-12-10-8-5-2)77-60(72)76-48-33-44-26-23-25-43(6-3)54(44)50(34-48)56-55(63)57-51(36-64-56)58(68-38-46-29-30-47(39-68)65-46)67-59(66-57)75-42-61-31-24-32-69(61)37-45(62)35-61/h3,23,25-26,33-34,36,45-47,49,65H,4-5,7-22,24,27-32,35,37-42H2,1-2H3/t45-,46?,47?,61+/m1/s1. The third-order valence-corrected chi connectivity index (χ3v) is 16.0. The molecule has 2 aromatic carbocycles. The molecule has 4 saturated heterocycles. The molecule has 77 heavy (non-hydrogen) atoms. The summed E-state index contributed by atoms with van der Waals surface area (Å²) in [4.78, 5) is 58.3. The molecule has 16 heteroatoms. The van der Waals surface area contributed by atoms with Gasteiger partial charge < -0.3 is 33.9 Å². The molecule has 0 saturated carbocycles. The minimum atomic E-state index is -1.17. The Morgan fingerprint density at radius 3 is 2.08 bits per heavy atom. The maximum Gasteiger partial charge on any atom is 0.514 e. The summed E-state index contributed by atoms with van der Waals surface area (Å²) < 4.78 is 61.6. The van der Waals surface area contributed by atoms with Crippen LogP contribution in [0.5, 0.6) is 11.8 Å². The molecule has 4 aliphatic rings. The number of ether oxygens (including phenoxy) is 5. The number of terminal acetylenes is 1. The number of nitrogens with one attached hydrogen (secondary N) is 1. The first-order valence-corrected chi connectivity index (χ1v) is 29.2. The normalized spacial score (nSPS) is 19.9. The summed E-state index contributed by atoms with van der Waals surface area (Å²) in [5.41, 5.74) is 0.0823. The number of rotatable bonds is 31. The van der Waals surface area contributed by atoms with E-state index < -0.39 is 41.7 Å². The number of carbonyl (C=O) groups is 3. The minimum Gasteiger partial charge on any atom is -0.462 e. The molecule has 4 aromatic rings. The van der Waals surface area contributed by atoms with E-state index in [4.69, 9.17) is 45.1 Å². The largest absolute Gasteiger partial charge is 0.514 e. The van der Waals surface area contributed by atoms with E-state index in [0.717, 1.165) is 70.8 Å². The molecule has 2 bridgehead atoms. The maximum absolute atomic E-state index is 17.7. The molecule has 6 heterocycles. The lowest BCUT2D eigenvalue weighted by molar-refractivity contribution is -0.153. The summed E-state index contributed by atoms with van der Waals surface area (Å²) in [6.45, 7) is 6.34. The van der Waals surface area contributed by atoms with Crippen molar-refractivity contribution in [2.24, 2.45) is 0 Å². The molecule has 0 amide bonds. The average Bonchev–Trinajstić information content (AvgIpc) is 4.11. The second-order valence-electron chi connectivity index (χ2n) is 22.1. The highest BCUT2D eigenvalue weighted by atomic mass is 19.1. The number of pyridine rings is 1. The van der Waals surface area contributed by atoms with Gasteiger partial charge in [-0.25, -0.2) is 13.6 Å². The van der Waals surface area contributed by atoms with Crippen LogP contribution in [0.1, 0.15) is 180 Å². The number of nitrogens with zero attached hydrogens (tertiary/aromatic N) is 5. The van der Waals surface area contributed by atoms with Crippen molar-refractivity contribution in [2.75, 3.05) is 50.9 Å². The van der Waals surface area contributed by atoms with Crippen molar-refractivity contribution in [1.29, 1.82) is 0 Å². The lowest BCUT2D eigenvalue weighted by Gasteiger charge is -2.34. The van der Waals surface area contributed by atoms with Gasteiger partial charge in [-0.1, -0.05) is 135 Å². The van der Waals surface area contributed by atoms with Crippen LogP contribution < -0.4 is 19.7 Å². The number of carbonyl (C=O) groups excluding carboxylic acids is 3. The van der Waals surface area contributed by atoms with Crippen molar-refractivity contribution in [3.8, 4) is 35.4 Å². The van der Waals surface area contributed by atoms with E-state index in [1.165, 1.54) is 70.3 Å². The SMILES string of the molecule is C#Cc1cccc2cc(OC(=O)OC(COC(=O)CCCCCCCCCCC)COC(=O)CCCCCCCCCCC)cc(-c3ncc4c(N5CC6CCC(C5)N6)nc(OC[C@@]56CCCN5C[C@H](F)C6)nc4c3F)c12. The van der Waals surface area contributed by atoms with Gasteiger partial charge in [0.05, 0.1) is 10.9 Å². The number of fused-ring (bicyclic) bond motifs is 5. The van der Waals surface area contributed by atoms with E-state index in [0.29, 0.717) is 66.4 Å². The lowest BCUT2D eigenvalue weighted by Crippen LogP contribution is -2.51. The zero-order chi connectivity index (χ0) is 54.0. The molecule has 0 radical (unpaired) electrons. The lowest BCUT2D eigenvalue weighted by atomic mass is 9.95. The van der Waals surface area contributed by atoms with Crippen molar-refractivity contribution in [2.45, 2.75) is 204 Å². The highest BCUT2D eigenvalue weighted by Gasteiger charge is 2.49. The van der Waals surface area contributed by atoms with E-state index in [-0.39, 0.29) is 73.3 Å². The second kappa shape index (κ2) is 28.8. The molecule has 14 nitrogen and oxygen atoms in total. The monoisotopic (exact) mass is 1060 g/mol. The van der Waals surface area contributed by atoms with Crippen LogP contribution in [-0.4, -0.2) is 114 Å². The van der Waals surface area contributed by atoms with Gasteiger partial charge >= 0.3 is 24.1 Å². The van der Waals surface area contributed by atoms with Gasteiger partial charge in [-0.2, -0.15) is 9.97 Å². The van der Waals surface area contributed by atoms with E-state index in [2.05, 4.69) is 34.9 Å². The molecule has 0 spiro atoms. The first-order chi connectivity index (χ1) is 37.6. The summed E-state index contributed by atoms with van der Waals surface area (Å²) >= 11 is 0. The topological polar surface area (TPSA) is 155 Å². The number of unbranched alkanes of at least 4 members (excludes halogenated alkanes) is 16.